The number of aromatic nitrogens is 2. The van der Waals surface area contributed by atoms with Crippen LogP contribution < -0.4 is 21.1 Å². The predicted molar refractivity (Wildman–Crippen MR) is 127 cm³/mol. The molecule has 1 saturated carbocycles. The van der Waals surface area contributed by atoms with Crippen molar-refractivity contribution in [3.05, 3.63) is 35.9 Å². The zero-order valence-corrected chi connectivity index (χ0v) is 19.2. The Morgan fingerprint density at radius 1 is 1.14 bits per heavy atom. The van der Waals surface area contributed by atoms with Gasteiger partial charge in [0.05, 0.1) is 22.2 Å². The maximum Gasteiger partial charge on any atom is 0.425 e. The van der Waals surface area contributed by atoms with E-state index in [-0.39, 0.29) is 17.0 Å². The van der Waals surface area contributed by atoms with Gasteiger partial charge >= 0.3 is 6.18 Å². The van der Waals surface area contributed by atoms with Crippen LogP contribution in [0, 0.1) is 0 Å². The van der Waals surface area contributed by atoms with Gasteiger partial charge in [-0.2, -0.15) is 18.3 Å². The van der Waals surface area contributed by atoms with Gasteiger partial charge in [0.15, 0.2) is 11.9 Å². The maximum absolute atomic E-state index is 13.2. The van der Waals surface area contributed by atoms with Gasteiger partial charge in [0.25, 0.3) is 5.91 Å². The summed E-state index contributed by atoms with van der Waals surface area (Å²) in [5.74, 6) is -0.502. The number of aromatic amines is 1. The Hall–Kier alpha value is -3.47. The molecule has 3 aromatic rings. The molecule has 5 N–H and O–H groups in total. The minimum absolute atomic E-state index is 0.0212. The van der Waals surface area contributed by atoms with Crippen molar-refractivity contribution >= 4 is 28.3 Å². The summed E-state index contributed by atoms with van der Waals surface area (Å²) in [7, 11) is 0. The number of anilines is 2. The molecule has 2 fully saturated rings. The van der Waals surface area contributed by atoms with Crippen molar-refractivity contribution in [1.29, 1.82) is 0 Å². The number of hydrogen-bond acceptors (Lipinski definition) is 6. The molecule has 1 atom stereocenters. The number of nitrogens with zero attached hydrogens (tertiary/aromatic N) is 3. The number of carbonyl (C=O) groups is 1. The van der Waals surface area contributed by atoms with Crippen LogP contribution in [0.4, 0.5) is 24.7 Å². The molecule has 1 aliphatic heterocycles. The molecule has 0 bridgehead atoms. The first-order chi connectivity index (χ1) is 16.6. The van der Waals surface area contributed by atoms with E-state index in [0.717, 1.165) is 33.1 Å². The van der Waals surface area contributed by atoms with Crippen LogP contribution >= 0.6 is 0 Å². The van der Waals surface area contributed by atoms with E-state index in [0.29, 0.717) is 33.9 Å². The number of hydrogen-bond donors (Lipinski definition) is 3. The zero-order chi connectivity index (χ0) is 24.9. The van der Waals surface area contributed by atoms with E-state index in [2.05, 4.69) is 20.0 Å². The highest BCUT2D eigenvalue weighted by Gasteiger charge is 2.38. The Bertz CT molecular complexity index is 1260. The number of ether oxygens (including phenoxy) is 1. The van der Waals surface area contributed by atoms with Gasteiger partial charge in [-0.15, -0.1) is 0 Å². The summed E-state index contributed by atoms with van der Waals surface area (Å²) in [4.78, 5) is 16.8. The fourth-order valence-corrected chi connectivity index (χ4v) is 4.61. The molecule has 2 aliphatic rings. The SMILES string of the molecule is CC(Oc1cc(-c2ccc(C(N)=O)c(N3CCN(C4CC4)CC3)c2)cc2[nH]nc(N)c12)C(F)(F)F. The second-order valence-electron chi connectivity index (χ2n) is 9.16. The summed E-state index contributed by atoms with van der Waals surface area (Å²) in [6.07, 6.45) is -4.11. The number of piperazine rings is 1. The summed E-state index contributed by atoms with van der Waals surface area (Å²) >= 11 is 0. The largest absolute Gasteiger partial charge is 0.480 e. The van der Waals surface area contributed by atoms with E-state index in [1.807, 2.05) is 6.07 Å². The molecule has 1 unspecified atom stereocenters. The van der Waals surface area contributed by atoms with Gasteiger partial charge in [0.1, 0.15) is 5.75 Å². The molecular formula is C24H27F3N6O2. The lowest BCUT2D eigenvalue weighted by atomic mass is 9.99. The lowest BCUT2D eigenvalue weighted by Crippen LogP contribution is -2.47. The Morgan fingerprint density at radius 2 is 1.86 bits per heavy atom. The molecule has 1 aromatic heterocycles. The smallest absolute Gasteiger partial charge is 0.425 e. The summed E-state index contributed by atoms with van der Waals surface area (Å²) in [6.45, 7) is 4.26. The highest BCUT2D eigenvalue weighted by molar-refractivity contribution is 6.01. The molecule has 8 nitrogen and oxygen atoms in total. The Morgan fingerprint density at radius 3 is 2.49 bits per heavy atom. The fraction of sp³-hybridized carbons (Fsp3) is 0.417. The van der Waals surface area contributed by atoms with Gasteiger partial charge in [-0.25, -0.2) is 0 Å². The van der Waals surface area contributed by atoms with Crippen LogP contribution in [0.1, 0.15) is 30.1 Å². The van der Waals surface area contributed by atoms with E-state index in [1.165, 1.54) is 18.9 Å². The summed E-state index contributed by atoms with van der Waals surface area (Å²) < 4.78 is 44.9. The molecule has 35 heavy (non-hydrogen) atoms. The van der Waals surface area contributed by atoms with Crippen LogP contribution in [-0.2, 0) is 0 Å². The molecule has 1 amide bonds. The molecule has 1 saturated heterocycles. The minimum Gasteiger partial charge on any atom is -0.480 e. The van der Waals surface area contributed by atoms with Gasteiger partial charge in [-0.3, -0.25) is 14.8 Å². The van der Waals surface area contributed by atoms with Gasteiger partial charge in [0, 0.05) is 32.2 Å². The molecule has 1 aliphatic carbocycles. The first-order valence-corrected chi connectivity index (χ1v) is 11.6. The van der Waals surface area contributed by atoms with Crippen LogP contribution in [-0.4, -0.2) is 65.5 Å². The number of nitrogen functional groups attached to an aromatic ring is 1. The number of rotatable bonds is 6. The van der Waals surface area contributed by atoms with Crippen molar-refractivity contribution in [1.82, 2.24) is 15.1 Å². The number of H-pyrrole nitrogens is 1. The number of nitrogens with two attached hydrogens (primary N) is 2. The van der Waals surface area contributed by atoms with Gasteiger partial charge in [0.2, 0.25) is 0 Å². The average molecular weight is 489 g/mol. The maximum atomic E-state index is 13.2. The fourth-order valence-electron chi connectivity index (χ4n) is 4.61. The lowest BCUT2D eigenvalue weighted by molar-refractivity contribution is -0.188. The van der Waals surface area contributed by atoms with E-state index in [9.17, 15) is 18.0 Å². The highest BCUT2D eigenvalue weighted by atomic mass is 19.4. The first-order valence-electron chi connectivity index (χ1n) is 11.6. The van der Waals surface area contributed by atoms with Crippen molar-refractivity contribution in [2.75, 3.05) is 36.8 Å². The quantitative estimate of drug-likeness (QED) is 0.489. The molecule has 186 valence electrons. The molecule has 5 rings (SSSR count). The topological polar surface area (TPSA) is 114 Å². The van der Waals surface area contributed by atoms with Crippen molar-refractivity contribution in [3.8, 4) is 16.9 Å². The highest BCUT2D eigenvalue weighted by Crippen LogP contribution is 2.38. The molecular weight excluding hydrogens is 461 g/mol. The molecule has 0 radical (unpaired) electrons. The van der Waals surface area contributed by atoms with E-state index < -0.39 is 18.2 Å². The lowest BCUT2D eigenvalue weighted by Gasteiger charge is -2.37. The number of benzene rings is 2. The third-order valence-electron chi connectivity index (χ3n) is 6.73. The van der Waals surface area contributed by atoms with Crippen LogP contribution in [0.25, 0.3) is 22.0 Å². The molecule has 11 heteroatoms. The van der Waals surface area contributed by atoms with Gasteiger partial charge < -0.3 is 21.1 Å². The van der Waals surface area contributed by atoms with Gasteiger partial charge in [-0.05, 0) is 55.2 Å². The predicted octanol–water partition coefficient (Wildman–Crippen LogP) is 3.53. The molecule has 2 aromatic carbocycles. The van der Waals surface area contributed by atoms with Crippen LogP contribution in [0.2, 0.25) is 0 Å². The van der Waals surface area contributed by atoms with Crippen molar-refractivity contribution in [2.45, 2.75) is 38.1 Å². The average Bonchev–Trinajstić information content (AvgIpc) is 3.60. The number of halogens is 3. The second kappa shape index (κ2) is 8.63. The number of amides is 1. The van der Waals surface area contributed by atoms with Crippen molar-refractivity contribution < 1.29 is 22.7 Å². The van der Waals surface area contributed by atoms with E-state index in [4.69, 9.17) is 16.2 Å². The summed E-state index contributed by atoms with van der Waals surface area (Å²) in [5.41, 5.74) is 14.4. The standard InChI is InChI=1S/C24H27F3N6O2/c1-13(24(25,26)27)35-20-12-15(10-18-21(20)22(28)31-30-18)14-2-5-17(23(29)34)19(11-14)33-8-6-32(7-9-33)16-3-4-16/h2,5,10-13,16H,3-4,6-9H2,1H3,(H2,29,34)(H3,28,30,31). The van der Waals surface area contributed by atoms with E-state index >= 15 is 0 Å². The van der Waals surface area contributed by atoms with E-state index in [1.54, 1.807) is 18.2 Å². The third kappa shape index (κ3) is 4.60. The minimum atomic E-state index is -4.54. The Labute approximate surface area is 200 Å². The van der Waals surface area contributed by atoms with Crippen LogP contribution in [0.5, 0.6) is 5.75 Å². The number of nitrogens with one attached hydrogen (secondary N) is 1. The third-order valence-corrected chi connectivity index (χ3v) is 6.73. The number of alkyl halides is 3. The first kappa shape index (κ1) is 23.3. The molecule has 0 spiro atoms. The monoisotopic (exact) mass is 488 g/mol. The summed E-state index contributed by atoms with van der Waals surface area (Å²) in [5, 5.41) is 6.97. The zero-order valence-electron chi connectivity index (χ0n) is 19.2. The normalized spacial score (nSPS) is 18.1. The van der Waals surface area contributed by atoms with Crippen molar-refractivity contribution in [2.24, 2.45) is 5.73 Å². The van der Waals surface area contributed by atoms with Gasteiger partial charge in [-0.1, -0.05) is 6.07 Å². The number of fused-ring (bicyclic) bond motifs is 1. The van der Waals surface area contributed by atoms with Crippen LogP contribution in [0.15, 0.2) is 30.3 Å². The Balaban J connectivity index is 1.52. The number of carbonyl (C=O) groups excluding carboxylic acids is 1. The number of primary amides is 1. The summed E-state index contributed by atoms with van der Waals surface area (Å²) in [6, 6.07) is 9.17. The second-order valence-corrected chi connectivity index (χ2v) is 9.16. The molecule has 2 heterocycles. The Kier molecular flexibility index (Phi) is 5.74. The van der Waals surface area contributed by atoms with Crippen molar-refractivity contribution in [3.63, 3.8) is 0 Å². The van der Waals surface area contributed by atoms with Crippen LogP contribution in [0.3, 0.4) is 0 Å².